The molecule has 2 aliphatic heterocycles. The van der Waals surface area contributed by atoms with Crippen LogP contribution in [0.3, 0.4) is 0 Å². The minimum atomic E-state index is -0.653. The molecule has 2 saturated heterocycles. The third-order valence-corrected chi connectivity index (χ3v) is 6.77. The first-order chi connectivity index (χ1) is 17.9. The van der Waals surface area contributed by atoms with E-state index in [1.807, 2.05) is 31.4 Å². The highest BCUT2D eigenvalue weighted by Crippen LogP contribution is 2.31. The van der Waals surface area contributed by atoms with Crippen LogP contribution in [-0.2, 0) is 9.47 Å². The van der Waals surface area contributed by atoms with Gasteiger partial charge in [0, 0.05) is 24.7 Å². The van der Waals surface area contributed by atoms with Crippen LogP contribution in [0.15, 0.2) is 36.7 Å². The summed E-state index contributed by atoms with van der Waals surface area (Å²) in [5.41, 5.74) is 2.09. The number of halogens is 2. The molecule has 3 aromatic heterocycles. The summed E-state index contributed by atoms with van der Waals surface area (Å²) >= 11 is 0. The Kier molecular flexibility index (Phi) is 5.96. The molecule has 0 spiro atoms. The molecular formula is C26H27F2N7O2. The summed E-state index contributed by atoms with van der Waals surface area (Å²) in [6.07, 6.45) is 2.97. The number of nitrogens with zero attached hydrogens (tertiary/aromatic N) is 6. The Balaban J connectivity index is 1.25. The van der Waals surface area contributed by atoms with Crippen molar-refractivity contribution in [3.05, 3.63) is 54.1 Å². The summed E-state index contributed by atoms with van der Waals surface area (Å²) < 4.78 is 43.2. The summed E-state index contributed by atoms with van der Waals surface area (Å²) in [6, 6.07) is 6.77. The summed E-state index contributed by atoms with van der Waals surface area (Å²) in [5, 5.41) is 3.02. The fraction of sp³-hybridized carbons (Fsp3) is 0.385. The number of imidazole rings is 1. The Hall–Kier alpha value is -3.70. The smallest absolute Gasteiger partial charge is 0.229 e. The minimum Gasteiger partial charge on any atom is -0.371 e. The number of benzene rings is 1. The molecule has 5 heterocycles. The molecule has 192 valence electrons. The quantitative estimate of drug-likeness (QED) is 0.425. The molecule has 11 heteroatoms. The topological polar surface area (TPSA) is 90.2 Å². The number of rotatable bonds is 5. The fourth-order valence-corrected chi connectivity index (χ4v) is 5.12. The summed E-state index contributed by atoms with van der Waals surface area (Å²) in [5.74, 6) is 0.159. The number of hydrogen-bond donors (Lipinski definition) is 1. The van der Waals surface area contributed by atoms with E-state index >= 15 is 0 Å². The second kappa shape index (κ2) is 9.31. The van der Waals surface area contributed by atoms with Crippen LogP contribution in [0.1, 0.15) is 25.7 Å². The molecule has 0 aliphatic carbocycles. The molecule has 1 N–H and O–H groups in total. The number of ether oxygens (including phenoxy) is 2. The van der Waals surface area contributed by atoms with Gasteiger partial charge in [0.05, 0.1) is 36.8 Å². The van der Waals surface area contributed by atoms with E-state index in [2.05, 4.69) is 30.2 Å². The number of nitrogens with one attached hydrogen (secondary N) is 1. The number of anilines is 3. The Labute approximate surface area is 212 Å². The molecule has 0 saturated carbocycles. The maximum atomic E-state index is 14.9. The lowest BCUT2D eigenvalue weighted by Gasteiger charge is -2.24. The highest BCUT2D eigenvalue weighted by molar-refractivity contribution is 5.83. The van der Waals surface area contributed by atoms with Crippen LogP contribution in [0.5, 0.6) is 0 Å². The standard InChI is InChI=1S/C26H27F2N7O2/c1-14(2)35-15(3)31-25-18(27)8-16(9-20(25)35)24-19(28)11-30-26(33-24)32-23-5-4-17(10-29-23)34-12-21-22(13-34)37-7-6-36-21/h4-5,8-11,14,21-22H,6-7,12-13H2,1-3H3,(H,29,30,32,33)/t21-,22+. The van der Waals surface area contributed by atoms with E-state index < -0.39 is 11.6 Å². The first-order valence-corrected chi connectivity index (χ1v) is 12.3. The normalized spacial score (nSPS) is 19.6. The van der Waals surface area contributed by atoms with Crippen molar-refractivity contribution in [3.63, 3.8) is 0 Å². The third kappa shape index (κ3) is 4.38. The molecule has 1 aromatic carbocycles. The van der Waals surface area contributed by atoms with E-state index in [1.165, 1.54) is 6.07 Å². The maximum Gasteiger partial charge on any atom is 0.229 e. The Morgan fingerprint density at radius 2 is 1.73 bits per heavy atom. The zero-order valence-electron chi connectivity index (χ0n) is 20.8. The van der Waals surface area contributed by atoms with Crippen LogP contribution in [0, 0.1) is 18.6 Å². The van der Waals surface area contributed by atoms with Crippen molar-refractivity contribution in [3.8, 4) is 11.3 Å². The van der Waals surface area contributed by atoms with Crippen molar-refractivity contribution in [2.45, 2.75) is 39.0 Å². The first-order valence-electron chi connectivity index (χ1n) is 12.3. The van der Waals surface area contributed by atoms with Gasteiger partial charge in [-0.2, -0.15) is 0 Å². The maximum absolute atomic E-state index is 14.9. The molecule has 0 unspecified atom stereocenters. The van der Waals surface area contributed by atoms with E-state index in [9.17, 15) is 8.78 Å². The lowest BCUT2D eigenvalue weighted by molar-refractivity contribution is -0.116. The number of fused-ring (bicyclic) bond motifs is 2. The van der Waals surface area contributed by atoms with Gasteiger partial charge in [-0.3, -0.25) is 0 Å². The number of pyridine rings is 1. The molecule has 2 aliphatic rings. The molecule has 37 heavy (non-hydrogen) atoms. The van der Waals surface area contributed by atoms with Crippen LogP contribution in [-0.4, -0.2) is 63.0 Å². The zero-order chi connectivity index (χ0) is 25.7. The van der Waals surface area contributed by atoms with Gasteiger partial charge in [-0.25, -0.2) is 28.7 Å². The Morgan fingerprint density at radius 1 is 0.973 bits per heavy atom. The summed E-state index contributed by atoms with van der Waals surface area (Å²) in [4.78, 5) is 19.4. The SMILES string of the molecule is Cc1nc2c(F)cc(-c3nc(Nc4ccc(N5C[C@@H]6OCCO[C@@H]6C5)cn4)ncc3F)cc2n1C(C)C. The van der Waals surface area contributed by atoms with Crippen molar-refractivity contribution < 1.29 is 18.3 Å². The average Bonchev–Trinajstić information content (AvgIpc) is 3.46. The van der Waals surface area contributed by atoms with Crippen LogP contribution < -0.4 is 10.2 Å². The second-order valence-corrected chi connectivity index (χ2v) is 9.59. The summed E-state index contributed by atoms with van der Waals surface area (Å²) in [6.45, 7) is 8.54. The molecule has 6 rings (SSSR count). The molecule has 2 fully saturated rings. The molecule has 2 atom stereocenters. The van der Waals surface area contributed by atoms with Gasteiger partial charge < -0.3 is 24.3 Å². The van der Waals surface area contributed by atoms with E-state index in [0.717, 1.165) is 25.0 Å². The number of aryl methyl sites for hydroxylation is 1. The van der Waals surface area contributed by atoms with Gasteiger partial charge in [0.1, 0.15) is 35.1 Å². The lowest BCUT2D eigenvalue weighted by Crippen LogP contribution is -2.36. The molecule has 9 nitrogen and oxygen atoms in total. The highest BCUT2D eigenvalue weighted by Gasteiger charge is 2.36. The van der Waals surface area contributed by atoms with Crippen molar-refractivity contribution in [2.75, 3.05) is 36.5 Å². The van der Waals surface area contributed by atoms with Gasteiger partial charge in [-0.05, 0) is 45.0 Å². The first kappa shape index (κ1) is 23.7. The van der Waals surface area contributed by atoms with Crippen molar-refractivity contribution >= 4 is 28.5 Å². The Bertz CT molecular complexity index is 1440. The van der Waals surface area contributed by atoms with E-state index in [-0.39, 0.29) is 35.4 Å². The molecule has 0 bridgehead atoms. The van der Waals surface area contributed by atoms with Crippen molar-refractivity contribution in [1.82, 2.24) is 24.5 Å². The van der Waals surface area contributed by atoms with E-state index in [1.54, 1.807) is 18.3 Å². The summed E-state index contributed by atoms with van der Waals surface area (Å²) in [7, 11) is 0. The molecule has 0 amide bonds. The predicted molar refractivity (Wildman–Crippen MR) is 135 cm³/mol. The largest absolute Gasteiger partial charge is 0.371 e. The van der Waals surface area contributed by atoms with E-state index in [0.29, 0.717) is 35.9 Å². The average molecular weight is 508 g/mol. The van der Waals surface area contributed by atoms with Gasteiger partial charge in [-0.15, -0.1) is 0 Å². The van der Waals surface area contributed by atoms with Gasteiger partial charge in [0.15, 0.2) is 11.6 Å². The van der Waals surface area contributed by atoms with Crippen molar-refractivity contribution in [2.24, 2.45) is 0 Å². The lowest BCUT2D eigenvalue weighted by atomic mass is 10.1. The second-order valence-electron chi connectivity index (χ2n) is 9.59. The number of hydrogen-bond acceptors (Lipinski definition) is 8. The number of aromatic nitrogens is 5. The third-order valence-electron chi connectivity index (χ3n) is 6.77. The fourth-order valence-electron chi connectivity index (χ4n) is 5.12. The molecule has 4 aromatic rings. The van der Waals surface area contributed by atoms with Crippen LogP contribution in [0.25, 0.3) is 22.3 Å². The van der Waals surface area contributed by atoms with Crippen molar-refractivity contribution in [1.29, 1.82) is 0 Å². The highest BCUT2D eigenvalue weighted by atomic mass is 19.1. The monoisotopic (exact) mass is 507 g/mol. The van der Waals surface area contributed by atoms with E-state index in [4.69, 9.17) is 9.47 Å². The predicted octanol–water partition coefficient (Wildman–Crippen LogP) is 4.40. The minimum absolute atomic E-state index is 0.0104. The van der Waals surface area contributed by atoms with Crippen LogP contribution in [0.2, 0.25) is 0 Å². The van der Waals surface area contributed by atoms with Gasteiger partial charge >= 0.3 is 0 Å². The van der Waals surface area contributed by atoms with Crippen LogP contribution >= 0.6 is 0 Å². The van der Waals surface area contributed by atoms with Gasteiger partial charge in [0.25, 0.3) is 0 Å². The zero-order valence-corrected chi connectivity index (χ0v) is 20.8. The van der Waals surface area contributed by atoms with Gasteiger partial charge in [0.2, 0.25) is 5.95 Å². The molecule has 0 radical (unpaired) electrons. The Morgan fingerprint density at radius 3 is 2.41 bits per heavy atom. The molecular weight excluding hydrogens is 480 g/mol. The van der Waals surface area contributed by atoms with Crippen LogP contribution in [0.4, 0.5) is 26.2 Å². The van der Waals surface area contributed by atoms with Gasteiger partial charge in [-0.1, -0.05) is 0 Å².